The lowest BCUT2D eigenvalue weighted by Gasteiger charge is -1.92. The van der Waals surface area contributed by atoms with Gasteiger partial charge in [-0.15, -0.1) is 0 Å². The Morgan fingerprint density at radius 3 is 3.06 bits per heavy atom. The van der Waals surface area contributed by atoms with E-state index in [0.717, 1.165) is 22.5 Å². The number of rotatable bonds is 3. The van der Waals surface area contributed by atoms with Crippen LogP contribution in [0.5, 0.6) is 0 Å². The molecule has 92 valence electrons. The summed E-state index contributed by atoms with van der Waals surface area (Å²) in [5, 5.41) is 4.94. The average Bonchev–Trinajstić information content (AvgIpc) is 2.92. The topological polar surface area (TPSA) is 69.9 Å². The first-order chi connectivity index (χ1) is 8.70. The highest BCUT2D eigenvalue weighted by Gasteiger charge is 2.07. The Labute approximate surface area is 108 Å². The zero-order valence-electron chi connectivity index (χ0n) is 9.83. The fraction of sp³-hybridized carbons (Fsp3) is 0.167. The second kappa shape index (κ2) is 4.38. The number of hydrogen-bond donors (Lipinski definition) is 1. The summed E-state index contributed by atoms with van der Waals surface area (Å²) in [6, 6.07) is 7.44. The fourth-order valence-electron chi connectivity index (χ4n) is 1.66. The van der Waals surface area contributed by atoms with Gasteiger partial charge < -0.3 is 10.2 Å². The first-order valence-corrected chi connectivity index (χ1v) is 6.47. The van der Waals surface area contributed by atoms with Crippen LogP contribution in [0.15, 0.2) is 40.1 Å². The predicted octanol–water partition coefficient (Wildman–Crippen LogP) is 2.44. The van der Waals surface area contributed by atoms with Crippen LogP contribution in [0.25, 0.3) is 11.1 Å². The van der Waals surface area contributed by atoms with E-state index in [1.165, 1.54) is 11.8 Å². The third kappa shape index (κ3) is 2.19. The van der Waals surface area contributed by atoms with Crippen molar-refractivity contribution in [1.29, 1.82) is 0 Å². The van der Waals surface area contributed by atoms with E-state index in [2.05, 4.69) is 10.1 Å². The summed E-state index contributed by atoms with van der Waals surface area (Å²) >= 11 is 1.52. The number of oxazole rings is 1. The second-order valence-corrected chi connectivity index (χ2v) is 4.90. The summed E-state index contributed by atoms with van der Waals surface area (Å²) < 4.78 is 7.40. The van der Waals surface area contributed by atoms with Crippen molar-refractivity contribution in [3.8, 4) is 0 Å². The molecule has 3 aromatic rings. The highest BCUT2D eigenvalue weighted by molar-refractivity contribution is 7.98. The molecule has 6 heteroatoms. The number of nitrogen functional groups attached to an aromatic ring is 1. The van der Waals surface area contributed by atoms with Crippen molar-refractivity contribution in [3.05, 3.63) is 36.2 Å². The van der Waals surface area contributed by atoms with E-state index in [-0.39, 0.29) is 0 Å². The lowest BCUT2D eigenvalue weighted by molar-refractivity contribution is 0.489. The van der Waals surface area contributed by atoms with Gasteiger partial charge in [-0.05, 0) is 18.2 Å². The van der Waals surface area contributed by atoms with Gasteiger partial charge in [-0.1, -0.05) is 11.8 Å². The number of thioether (sulfide) groups is 1. The van der Waals surface area contributed by atoms with Gasteiger partial charge in [0, 0.05) is 30.8 Å². The van der Waals surface area contributed by atoms with Gasteiger partial charge >= 0.3 is 0 Å². The normalized spacial score (nSPS) is 11.2. The monoisotopic (exact) mass is 260 g/mol. The first kappa shape index (κ1) is 11.2. The Hall–Kier alpha value is -1.95. The minimum atomic E-state index is 0.640. The number of aromatic nitrogens is 3. The van der Waals surface area contributed by atoms with Gasteiger partial charge in [0.15, 0.2) is 5.58 Å². The van der Waals surface area contributed by atoms with Gasteiger partial charge in [0.05, 0.1) is 5.69 Å². The smallest absolute Gasteiger partial charge is 0.257 e. The van der Waals surface area contributed by atoms with Crippen LogP contribution in [0.1, 0.15) is 5.69 Å². The maximum Gasteiger partial charge on any atom is 0.257 e. The SMILES string of the molecule is Cn1ccc(CSc2nc3ccc(N)cc3o2)n1. The molecule has 0 saturated carbocycles. The average molecular weight is 260 g/mol. The number of nitrogens with two attached hydrogens (primary N) is 1. The molecule has 0 spiro atoms. The van der Waals surface area contributed by atoms with Gasteiger partial charge in [0.25, 0.3) is 5.22 Å². The number of anilines is 1. The molecule has 0 radical (unpaired) electrons. The largest absolute Gasteiger partial charge is 0.431 e. The minimum Gasteiger partial charge on any atom is -0.431 e. The molecule has 0 amide bonds. The quantitative estimate of drug-likeness (QED) is 0.578. The summed E-state index contributed by atoms with van der Waals surface area (Å²) in [4.78, 5) is 4.38. The van der Waals surface area contributed by atoms with E-state index in [1.807, 2.05) is 31.4 Å². The van der Waals surface area contributed by atoms with E-state index in [9.17, 15) is 0 Å². The van der Waals surface area contributed by atoms with Gasteiger partial charge in [0.2, 0.25) is 0 Å². The van der Waals surface area contributed by atoms with Crippen LogP contribution in [0.3, 0.4) is 0 Å². The Morgan fingerprint density at radius 2 is 2.28 bits per heavy atom. The zero-order chi connectivity index (χ0) is 12.5. The molecule has 0 aliphatic heterocycles. The van der Waals surface area contributed by atoms with E-state index in [1.54, 1.807) is 10.7 Å². The zero-order valence-corrected chi connectivity index (χ0v) is 10.6. The molecule has 0 unspecified atom stereocenters. The van der Waals surface area contributed by atoms with Crippen LogP contribution in [0.2, 0.25) is 0 Å². The Kier molecular flexibility index (Phi) is 2.71. The second-order valence-electron chi connectivity index (χ2n) is 3.98. The molecule has 2 aromatic heterocycles. The molecule has 0 bridgehead atoms. The van der Waals surface area contributed by atoms with Gasteiger partial charge in [-0.2, -0.15) is 5.10 Å². The van der Waals surface area contributed by atoms with Crippen molar-refractivity contribution in [3.63, 3.8) is 0 Å². The van der Waals surface area contributed by atoms with Gasteiger partial charge in [-0.3, -0.25) is 4.68 Å². The summed E-state index contributed by atoms with van der Waals surface area (Å²) in [5.41, 5.74) is 8.93. The van der Waals surface area contributed by atoms with Crippen molar-refractivity contribution in [1.82, 2.24) is 14.8 Å². The standard InChI is InChI=1S/C12H12N4OS/c1-16-5-4-9(15-16)7-18-12-14-10-3-2-8(13)6-11(10)17-12/h2-6H,7,13H2,1H3. The van der Waals surface area contributed by atoms with Gasteiger partial charge in [0.1, 0.15) is 5.52 Å². The molecule has 0 aliphatic carbocycles. The van der Waals surface area contributed by atoms with E-state index >= 15 is 0 Å². The molecule has 5 nitrogen and oxygen atoms in total. The van der Waals surface area contributed by atoms with Crippen molar-refractivity contribution in [2.75, 3.05) is 5.73 Å². The van der Waals surface area contributed by atoms with E-state index in [0.29, 0.717) is 10.9 Å². The van der Waals surface area contributed by atoms with E-state index in [4.69, 9.17) is 10.2 Å². The molecular formula is C12H12N4OS. The van der Waals surface area contributed by atoms with Crippen LogP contribution in [-0.2, 0) is 12.8 Å². The molecule has 2 N–H and O–H groups in total. The number of benzene rings is 1. The lowest BCUT2D eigenvalue weighted by atomic mass is 10.3. The molecular weight excluding hydrogens is 248 g/mol. The third-order valence-electron chi connectivity index (χ3n) is 2.51. The number of nitrogens with zero attached hydrogens (tertiary/aromatic N) is 3. The van der Waals surface area contributed by atoms with E-state index < -0.39 is 0 Å². The Balaban J connectivity index is 1.78. The molecule has 2 heterocycles. The molecule has 3 rings (SSSR count). The lowest BCUT2D eigenvalue weighted by Crippen LogP contribution is -1.89. The summed E-state index contributed by atoms with van der Waals surface area (Å²) in [7, 11) is 1.90. The van der Waals surface area contributed by atoms with Gasteiger partial charge in [-0.25, -0.2) is 4.98 Å². The van der Waals surface area contributed by atoms with Crippen molar-refractivity contribution >= 4 is 28.5 Å². The first-order valence-electron chi connectivity index (χ1n) is 5.48. The third-order valence-corrected chi connectivity index (χ3v) is 3.37. The summed E-state index contributed by atoms with van der Waals surface area (Å²) in [6.45, 7) is 0. The molecule has 0 aliphatic rings. The predicted molar refractivity (Wildman–Crippen MR) is 71.2 cm³/mol. The van der Waals surface area contributed by atoms with Crippen molar-refractivity contribution in [2.45, 2.75) is 11.0 Å². The minimum absolute atomic E-state index is 0.640. The summed E-state index contributed by atoms with van der Waals surface area (Å²) in [5.74, 6) is 0.739. The van der Waals surface area contributed by atoms with Crippen LogP contribution in [0, 0.1) is 0 Å². The Morgan fingerprint density at radius 1 is 1.39 bits per heavy atom. The molecule has 0 saturated heterocycles. The fourth-order valence-corrected chi connectivity index (χ4v) is 2.39. The number of fused-ring (bicyclic) bond motifs is 1. The highest BCUT2D eigenvalue weighted by Crippen LogP contribution is 2.26. The summed E-state index contributed by atoms with van der Waals surface area (Å²) in [6.07, 6.45) is 1.92. The Bertz CT molecular complexity index is 688. The molecule has 0 fully saturated rings. The molecule has 1 aromatic carbocycles. The van der Waals surface area contributed by atoms with Crippen LogP contribution in [0.4, 0.5) is 5.69 Å². The number of aryl methyl sites for hydroxylation is 1. The van der Waals surface area contributed by atoms with Crippen LogP contribution < -0.4 is 5.73 Å². The maximum absolute atomic E-state index is 5.69. The number of hydrogen-bond acceptors (Lipinski definition) is 5. The maximum atomic E-state index is 5.69. The van der Waals surface area contributed by atoms with Crippen LogP contribution in [-0.4, -0.2) is 14.8 Å². The highest BCUT2D eigenvalue weighted by atomic mass is 32.2. The molecule has 0 atom stereocenters. The van der Waals surface area contributed by atoms with Crippen molar-refractivity contribution < 1.29 is 4.42 Å². The van der Waals surface area contributed by atoms with Crippen molar-refractivity contribution in [2.24, 2.45) is 7.05 Å². The van der Waals surface area contributed by atoms with Crippen LogP contribution >= 0.6 is 11.8 Å². The molecule has 18 heavy (non-hydrogen) atoms.